The Morgan fingerprint density at radius 3 is 2.67 bits per heavy atom. The van der Waals surface area contributed by atoms with Gasteiger partial charge in [-0.2, -0.15) is 5.21 Å². The van der Waals surface area contributed by atoms with Gasteiger partial charge in [0.25, 0.3) is 0 Å². The van der Waals surface area contributed by atoms with E-state index in [2.05, 4.69) is 25.6 Å². The molecule has 0 bridgehead atoms. The van der Waals surface area contributed by atoms with Crippen molar-refractivity contribution in [3.8, 4) is 0 Å². The molecule has 7 nitrogen and oxygen atoms in total. The zero-order valence-electron chi connectivity index (χ0n) is 14.0. The van der Waals surface area contributed by atoms with Gasteiger partial charge in [0.15, 0.2) is 0 Å². The molecule has 0 amide bonds. The number of nitrogens with zero attached hydrogens (tertiary/aromatic N) is 3. The Hall–Kier alpha value is -3.81. The van der Waals surface area contributed by atoms with E-state index in [1.807, 2.05) is 24.3 Å². The van der Waals surface area contributed by atoms with E-state index in [4.69, 9.17) is 0 Å². The Morgan fingerprint density at radius 1 is 1.15 bits per heavy atom. The molecule has 27 heavy (non-hydrogen) atoms. The molecule has 8 heteroatoms. The smallest absolute Gasteiger partial charge is 0.244 e. The van der Waals surface area contributed by atoms with Crippen LogP contribution < -0.4 is 0 Å². The van der Waals surface area contributed by atoms with Gasteiger partial charge in [0.2, 0.25) is 11.6 Å². The van der Waals surface area contributed by atoms with Crippen LogP contribution in [0.2, 0.25) is 0 Å². The van der Waals surface area contributed by atoms with Crippen LogP contribution >= 0.6 is 0 Å². The molecule has 0 aliphatic heterocycles. The minimum absolute atomic E-state index is 0.138. The third-order valence-electron chi connectivity index (χ3n) is 4.17. The molecule has 134 valence electrons. The molecule has 0 unspecified atom stereocenters. The summed E-state index contributed by atoms with van der Waals surface area (Å²) in [5.41, 5.74) is 2.89. The summed E-state index contributed by atoms with van der Waals surface area (Å²) in [6.07, 6.45) is 1.49. The number of para-hydroxylation sites is 1. The van der Waals surface area contributed by atoms with Gasteiger partial charge in [-0.15, -0.1) is 10.2 Å². The molecule has 0 spiro atoms. The van der Waals surface area contributed by atoms with E-state index < -0.39 is 5.78 Å². The summed E-state index contributed by atoms with van der Waals surface area (Å²) in [5, 5.41) is 24.2. The molecule has 0 saturated carbocycles. The van der Waals surface area contributed by atoms with Crippen LogP contribution in [0.25, 0.3) is 16.7 Å². The molecule has 0 saturated heterocycles. The third-order valence-corrected chi connectivity index (χ3v) is 4.17. The molecule has 4 rings (SSSR count). The third kappa shape index (κ3) is 3.32. The fraction of sp³-hybridized carbons (Fsp3) is 0.0526. The number of allylic oxidation sites excluding steroid dienone is 1. The van der Waals surface area contributed by atoms with E-state index in [9.17, 15) is 14.3 Å². The molecule has 0 fully saturated rings. The minimum atomic E-state index is -0.570. The maximum atomic E-state index is 13.2. The highest BCUT2D eigenvalue weighted by atomic mass is 19.1. The molecular formula is C19H14FN5O2. The molecule has 3 N–H and O–H groups in total. The average Bonchev–Trinajstić information content (AvgIpc) is 3.31. The van der Waals surface area contributed by atoms with E-state index in [0.29, 0.717) is 17.7 Å². The lowest BCUT2D eigenvalue weighted by Gasteiger charge is -2.05. The number of carbonyl (C=O) groups excluding carboxylic acids is 1. The second kappa shape index (κ2) is 6.83. The minimum Gasteiger partial charge on any atom is -0.507 e. The molecular weight excluding hydrogens is 349 g/mol. The predicted molar refractivity (Wildman–Crippen MR) is 96.6 cm³/mol. The Kier molecular flexibility index (Phi) is 4.21. The summed E-state index contributed by atoms with van der Waals surface area (Å²) in [5.74, 6) is -1.23. The number of nitrogens with one attached hydrogen (secondary N) is 2. The van der Waals surface area contributed by atoms with Gasteiger partial charge in [-0.25, -0.2) is 4.39 Å². The number of fused-ring (bicyclic) bond motifs is 1. The van der Waals surface area contributed by atoms with E-state index in [0.717, 1.165) is 22.5 Å². The second-order valence-electron chi connectivity index (χ2n) is 5.96. The van der Waals surface area contributed by atoms with Crippen LogP contribution in [0.4, 0.5) is 4.39 Å². The summed E-state index contributed by atoms with van der Waals surface area (Å²) in [7, 11) is 0. The zero-order chi connectivity index (χ0) is 18.8. The molecule has 0 radical (unpaired) electrons. The molecule has 2 aromatic heterocycles. The second-order valence-corrected chi connectivity index (χ2v) is 5.96. The number of benzene rings is 2. The van der Waals surface area contributed by atoms with Crippen LogP contribution in [0.1, 0.15) is 27.4 Å². The number of H-pyrrole nitrogens is 2. The number of aromatic amines is 2. The van der Waals surface area contributed by atoms with E-state index in [1.54, 1.807) is 12.1 Å². The van der Waals surface area contributed by atoms with Gasteiger partial charge >= 0.3 is 0 Å². The van der Waals surface area contributed by atoms with E-state index in [1.165, 1.54) is 12.1 Å². The lowest BCUT2D eigenvalue weighted by molar-refractivity contribution is 0.103. The number of carbonyl (C=O) groups is 1. The van der Waals surface area contributed by atoms with Crippen molar-refractivity contribution in [2.75, 3.05) is 0 Å². The molecule has 0 aliphatic rings. The maximum Gasteiger partial charge on any atom is 0.244 e. The molecule has 2 heterocycles. The van der Waals surface area contributed by atoms with Crippen LogP contribution in [0.15, 0.2) is 54.6 Å². The van der Waals surface area contributed by atoms with Crippen molar-refractivity contribution in [3.05, 3.63) is 83.1 Å². The number of hydrogen-bond donors (Lipinski definition) is 3. The van der Waals surface area contributed by atoms with Crippen molar-refractivity contribution in [1.82, 2.24) is 25.6 Å². The first-order chi connectivity index (χ1) is 13.1. The maximum absolute atomic E-state index is 13.2. The SMILES string of the molecule is O=C(/C=C(\O)c1c(Cc2ccc(F)cc2)[nH]c2ccccc12)c1nn[nH]n1. The topological polar surface area (TPSA) is 108 Å². The Labute approximate surface area is 152 Å². The summed E-state index contributed by atoms with van der Waals surface area (Å²) < 4.78 is 13.2. The van der Waals surface area contributed by atoms with Crippen LogP contribution in [0.5, 0.6) is 0 Å². The number of halogens is 1. The van der Waals surface area contributed by atoms with Crippen LogP contribution in [0, 0.1) is 5.82 Å². The molecule has 2 aromatic carbocycles. The molecule has 4 aromatic rings. The van der Waals surface area contributed by atoms with Crippen molar-refractivity contribution in [1.29, 1.82) is 0 Å². The van der Waals surface area contributed by atoms with Gasteiger partial charge < -0.3 is 10.1 Å². The first-order valence-electron chi connectivity index (χ1n) is 8.14. The van der Waals surface area contributed by atoms with Crippen LogP contribution in [-0.4, -0.2) is 36.5 Å². The first kappa shape index (κ1) is 16.6. The van der Waals surface area contributed by atoms with Crippen molar-refractivity contribution < 1.29 is 14.3 Å². The van der Waals surface area contributed by atoms with Crippen molar-refractivity contribution in [3.63, 3.8) is 0 Å². The van der Waals surface area contributed by atoms with Gasteiger partial charge in [0, 0.05) is 34.7 Å². The summed E-state index contributed by atoms with van der Waals surface area (Å²) >= 11 is 0. The number of aliphatic hydroxyl groups is 1. The van der Waals surface area contributed by atoms with Crippen molar-refractivity contribution in [2.24, 2.45) is 0 Å². The number of tetrazole rings is 1. The standard InChI is InChI=1S/C19H14FN5O2/c20-12-7-5-11(6-8-12)9-15-18(13-3-1-2-4-14(13)21-15)16(26)10-17(27)19-22-24-25-23-19/h1-8,10,21,26H,9H2,(H,22,23,24,25)/b16-10-. The number of hydrogen-bond acceptors (Lipinski definition) is 5. The normalized spacial score (nSPS) is 11.8. The lowest BCUT2D eigenvalue weighted by atomic mass is 10.0. The van der Waals surface area contributed by atoms with Gasteiger partial charge in [0.1, 0.15) is 11.6 Å². The van der Waals surface area contributed by atoms with Crippen LogP contribution in [-0.2, 0) is 6.42 Å². The quantitative estimate of drug-likeness (QED) is 0.287. The van der Waals surface area contributed by atoms with Crippen LogP contribution in [0.3, 0.4) is 0 Å². The Balaban J connectivity index is 1.78. The first-order valence-corrected chi connectivity index (χ1v) is 8.14. The van der Waals surface area contributed by atoms with Gasteiger partial charge in [0.05, 0.1) is 0 Å². The number of aliphatic hydroxyl groups excluding tert-OH is 1. The molecule has 0 aliphatic carbocycles. The average molecular weight is 363 g/mol. The monoisotopic (exact) mass is 363 g/mol. The Bertz CT molecular complexity index is 1130. The molecule has 0 atom stereocenters. The van der Waals surface area contributed by atoms with Crippen molar-refractivity contribution >= 4 is 22.4 Å². The van der Waals surface area contributed by atoms with Gasteiger partial charge in [-0.1, -0.05) is 30.3 Å². The summed E-state index contributed by atoms with van der Waals surface area (Å²) in [6.45, 7) is 0. The van der Waals surface area contributed by atoms with Gasteiger partial charge in [-0.05, 0) is 29.0 Å². The number of rotatable bonds is 5. The summed E-state index contributed by atoms with van der Waals surface area (Å²) in [4.78, 5) is 15.4. The largest absolute Gasteiger partial charge is 0.507 e. The fourth-order valence-corrected chi connectivity index (χ4v) is 2.96. The predicted octanol–water partition coefficient (Wildman–Crippen LogP) is 3.19. The van der Waals surface area contributed by atoms with E-state index >= 15 is 0 Å². The number of aromatic nitrogens is 5. The highest BCUT2D eigenvalue weighted by Gasteiger charge is 2.18. The van der Waals surface area contributed by atoms with Crippen molar-refractivity contribution in [2.45, 2.75) is 6.42 Å². The van der Waals surface area contributed by atoms with Gasteiger partial charge in [-0.3, -0.25) is 4.79 Å². The Morgan fingerprint density at radius 2 is 1.93 bits per heavy atom. The van der Waals surface area contributed by atoms with E-state index in [-0.39, 0.29) is 17.4 Å². The highest BCUT2D eigenvalue weighted by Crippen LogP contribution is 2.29. The highest BCUT2D eigenvalue weighted by molar-refractivity contribution is 6.07. The fourth-order valence-electron chi connectivity index (χ4n) is 2.96. The lowest BCUT2D eigenvalue weighted by Crippen LogP contribution is -2.01. The summed E-state index contributed by atoms with van der Waals surface area (Å²) in [6, 6.07) is 13.6. The zero-order valence-corrected chi connectivity index (χ0v) is 14.0. The number of ketones is 1.